The Hall–Kier alpha value is -2.91. The highest BCUT2D eigenvalue weighted by atomic mass is 32.2. The first-order valence-corrected chi connectivity index (χ1v) is 12.4. The van der Waals surface area contributed by atoms with E-state index in [4.69, 9.17) is 4.74 Å². The summed E-state index contributed by atoms with van der Waals surface area (Å²) in [7, 11) is -2.06. The molecule has 2 amide bonds. The summed E-state index contributed by atoms with van der Waals surface area (Å²) in [5, 5.41) is 2.84. The van der Waals surface area contributed by atoms with Gasteiger partial charge in [0.05, 0.1) is 12.0 Å². The van der Waals surface area contributed by atoms with Crippen molar-refractivity contribution in [1.29, 1.82) is 0 Å². The third kappa shape index (κ3) is 5.72. The summed E-state index contributed by atoms with van der Waals surface area (Å²) in [6.45, 7) is 6.60. The summed E-state index contributed by atoms with van der Waals surface area (Å²) in [4.78, 5) is 27.8. The number of carbonyl (C=O) groups is 2. The van der Waals surface area contributed by atoms with Gasteiger partial charge in [0, 0.05) is 31.7 Å². The fourth-order valence-corrected chi connectivity index (χ4v) is 5.11. The Kier molecular flexibility index (Phi) is 7.76. The number of benzene rings is 2. The van der Waals surface area contributed by atoms with Crippen LogP contribution >= 0.6 is 0 Å². The number of ether oxygens (including phenoxy) is 1. The van der Waals surface area contributed by atoms with Crippen molar-refractivity contribution in [3.8, 4) is 5.75 Å². The minimum atomic E-state index is -3.61. The molecule has 3 rings (SSSR count). The van der Waals surface area contributed by atoms with Crippen LogP contribution < -0.4 is 10.1 Å². The van der Waals surface area contributed by atoms with Crippen LogP contribution in [0.4, 0.5) is 0 Å². The normalized spacial score (nSPS) is 15.8. The number of carbonyl (C=O) groups excluding carboxylic acids is 2. The third-order valence-electron chi connectivity index (χ3n) is 5.78. The molecule has 0 radical (unpaired) electrons. The second kappa shape index (κ2) is 10.4. The van der Waals surface area contributed by atoms with Gasteiger partial charge < -0.3 is 15.0 Å². The number of piperazine rings is 1. The first kappa shape index (κ1) is 24.7. The van der Waals surface area contributed by atoms with Gasteiger partial charge in [-0.25, -0.2) is 8.42 Å². The minimum Gasteiger partial charge on any atom is -0.497 e. The Morgan fingerprint density at radius 3 is 2.03 bits per heavy atom. The SMILES string of the molecule is COc1ccc(C(=O)N[C@@H](C(=O)N2CCN(S(=O)(=O)c3ccc(C)cc3)CC2)C(C)C)cc1. The molecule has 1 atom stereocenters. The molecular weight excluding hydrogens is 442 g/mol. The summed E-state index contributed by atoms with van der Waals surface area (Å²) in [6.07, 6.45) is 0. The second-order valence-corrected chi connectivity index (χ2v) is 10.4. The molecular formula is C24H31N3O5S. The van der Waals surface area contributed by atoms with Gasteiger partial charge in [0.1, 0.15) is 11.8 Å². The number of sulfonamides is 1. The lowest BCUT2D eigenvalue weighted by Crippen LogP contribution is -2.57. The highest BCUT2D eigenvalue weighted by molar-refractivity contribution is 7.89. The fourth-order valence-electron chi connectivity index (χ4n) is 3.69. The summed E-state index contributed by atoms with van der Waals surface area (Å²) >= 11 is 0. The molecule has 1 fully saturated rings. The quantitative estimate of drug-likeness (QED) is 0.666. The van der Waals surface area contributed by atoms with Crippen molar-refractivity contribution in [2.45, 2.75) is 31.7 Å². The van der Waals surface area contributed by atoms with Crippen molar-refractivity contribution >= 4 is 21.8 Å². The maximum Gasteiger partial charge on any atom is 0.251 e. The highest BCUT2D eigenvalue weighted by Crippen LogP contribution is 2.19. The van der Waals surface area contributed by atoms with Crippen molar-refractivity contribution < 1.29 is 22.7 Å². The predicted octanol–water partition coefficient (Wildman–Crippen LogP) is 2.29. The maximum absolute atomic E-state index is 13.2. The van der Waals surface area contributed by atoms with E-state index in [0.29, 0.717) is 11.3 Å². The van der Waals surface area contributed by atoms with Crippen LogP contribution in [0.3, 0.4) is 0 Å². The average molecular weight is 474 g/mol. The van der Waals surface area contributed by atoms with Crippen molar-refractivity contribution in [3.63, 3.8) is 0 Å². The molecule has 0 bridgehead atoms. The van der Waals surface area contributed by atoms with E-state index in [1.54, 1.807) is 60.5 Å². The highest BCUT2D eigenvalue weighted by Gasteiger charge is 2.34. The van der Waals surface area contributed by atoms with E-state index in [1.807, 2.05) is 20.8 Å². The largest absolute Gasteiger partial charge is 0.497 e. The summed E-state index contributed by atoms with van der Waals surface area (Å²) in [5.74, 6) is -0.0416. The molecule has 0 saturated carbocycles. The Morgan fingerprint density at radius 2 is 1.52 bits per heavy atom. The number of nitrogens with one attached hydrogen (secondary N) is 1. The number of hydrogen-bond acceptors (Lipinski definition) is 5. The van der Waals surface area contributed by atoms with Crippen molar-refractivity contribution in [3.05, 3.63) is 59.7 Å². The fraction of sp³-hybridized carbons (Fsp3) is 0.417. The van der Waals surface area contributed by atoms with Crippen molar-refractivity contribution in [2.75, 3.05) is 33.3 Å². The standard InChI is InChI=1S/C24H31N3O5S/c1-17(2)22(25-23(28)19-7-9-20(32-4)10-8-19)24(29)26-13-15-27(16-14-26)33(30,31)21-11-5-18(3)6-12-21/h5-12,17,22H,13-16H2,1-4H3,(H,25,28)/t22-/m1/s1. The molecule has 1 aliphatic heterocycles. The van der Waals surface area contributed by atoms with Crippen LogP contribution in [0.2, 0.25) is 0 Å². The lowest BCUT2D eigenvalue weighted by molar-refractivity contribution is -0.135. The summed E-state index contributed by atoms with van der Waals surface area (Å²) < 4.78 is 32.4. The minimum absolute atomic E-state index is 0.131. The van der Waals surface area contributed by atoms with Gasteiger partial charge in [0.2, 0.25) is 15.9 Å². The number of amides is 2. The molecule has 1 aliphatic rings. The molecule has 1 heterocycles. The lowest BCUT2D eigenvalue weighted by Gasteiger charge is -2.36. The average Bonchev–Trinajstić information content (AvgIpc) is 2.82. The second-order valence-electron chi connectivity index (χ2n) is 8.47. The molecule has 9 heteroatoms. The van der Waals surface area contributed by atoms with Crippen LogP contribution in [0.15, 0.2) is 53.4 Å². The number of hydrogen-bond donors (Lipinski definition) is 1. The van der Waals surface area contributed by atoms with Gasteiger partial charge in [-0.3, -0.25) is 9.59 Å². The smallest absolute Gasteiger partial charge is 0.251 e. The zero-order chi connectivity index (χ0) is 24.2. The Bertz CT molecular complexity index is 1070. The third-order valence-corrected chi connectivity index (χ3v) is 7.69. The van der Waals surface area contributed by atoms with E-state index < -0.39 is 16.1 Å². The molecule has 1 saturated heterocycles. The van der Waals surface area contributed by atoms with Gasteiger partial charge >= 0.3 is 0 Å². The van der Waals surface area contributed by atoms with Gasteiger partial charge in [-0.1, -0.05) is 31.5 Å². The first-order valence-electron chi connectivity index (χ1n) is 10.9. The topological polar surface area (TPSA) is 96.0 Å². The maximum atomic E-state index is 13.2. The van der Waals surface area contributed by atoms with Gasteiger partial charge in [-0.05, 0) is 49.2 Å². The number of nitrogens with zero attached hydrogens (tertiary/aromatic N) is 2. The van der Waals surface area contributed by atoms with Gasteiger partial charge in [-0.2, -0.15) is 4.31 Å². The van der Waals surface area contributed by atoms with Crippen LogP contribution in [0, 0.1) is 12.8 Å². The van der Waals surface area contributed by atoms with E-state index in [1.165, 1.54) is 4.31 Å². The van der Waals surface area contributed by atoms with Gasteiger partial charge in [0.15, 0.2) is 0 Å². The molecule has 0 spiro atoms. The van der Waals surface area contributed by atoms with Crippen molar-refractivity contribution in [1.82, 2.24) is 14.5 Å². The van der Waals surface area contributed by atoms with Crippen LogP contribution in [0.25, 0.3) is 0 Å². The molecule has 0 aliphatic carbocycles. The van der Waals surface area contributed by atoms with E-state index in [0.717, 1.165) is 5.56 Å². The van der Waals surface area contributed by atoms with E-state index in [9.17, 15) is 18.0 Å². The van der Waals surface area contributed by atoms with Crippen LogP contribution in [-0.2, 0) is 14.8 Å². The first-order chi connectivity index (χ1) is 15.6. The van der Waals surface area contributed by atoms with Crippen LogP contribution in [0.5, 0.6) is 5.75 Å². The molecule has 2 aromatic carbocycles. The van der Waals surface area contributed by atoms with Crippen molar-refractivity contribution in [2.24, 2.45) is 5.92 Å². The number of methoxy groups -OCH3 is 1. The lowest BCUT2D eigenvalue weighted by atomic mass is 10.0. The Labute approximate surface area is 195 Å². The van der Waals surface area contributed by atoms with Gasteiger partial charge in [0.25, 0.3) is 5.91 Å². The van der Waals surface area contributed by atoms with Crippen LogP contribution in [0.1, 0.15) is 29.8 Å². The predicted molar refractivity (Wildman–Crippen MR) is 126 cm³/mol. The number of rotatable bonds is 7. The van der Waals surface area contributed by atoms with E-state index in [2.05, 4.69) is 5.32 Å². The molecule has 8 nitrogen and oxygen atoms in total. The zero-order valence-electron chi connectivity index (χ0n) is 19.4. The van der Waals surface area contributed by atoms with Gasteiger partial charge in [-0.15, -0.1) is 0 Å². The molecule has 33 heavy (non-hydrogen) atoms. The Morgan fingerprint density at radius 1 is 0.939 bits per heavy atom. The molecule has 0 aromatic heterocycles. The monoisotopic (exact) mass is 473 g/mol. The van der Waals surface area contributed by atoms with Crippen LogP contribution in [-0.4, -0.2) is 68.8 Å². The number of aryl methyl sites for hydroxylation is 1. The zero-order valence-corrected chi connectivity index (χ0v) is 20.3. The summed E-state index contributed by atoms with van der Waals surface area (Å²) in [5.41, 5.74) is 1.42. The molecule has 0 unspecified atom stereocenters. The molecule has 2 aromatic rings. The van der Waals surface area contributed by atoms with E-state index >= 15 is 0 Å². The van der Waals surface area contributed by atoms with E-state index in [-0.39, 0.29) is 48.8 Å². The Balaban J connectivity index is 1.64. The summed E-state index contributed by atoms with van der Waals surface area (Å²) in [6, 6.07) is 12.7. The molecule has 178 valence electrons. The molecule has 1 N–H and O–H groups in total.